The normalized spacial score (nSPS) is 20.5. The molecule has 184 valence electrons. The summed E-state index contributed by atoms with van der Waals surface area (Å²) in [6, 6.07) is 12.9. The lowest BCUT2D eigenvalue weighted by atomic mass is 9.66. The third-order valence-corrected chi connectivity index (χ3v) is 8.49. The maximum atomic E-state index is 13.6. The summed E-state index contributed by atoms with van der Waals surface area (Å²) in [5, 5.41) is 5.17. The number of hydrogen-bond donors (Lipinski definition) is 0. The van der Waals surface area contributed by atoms with E-state index in [0.29, 0.717) is 31.0 Å². The Morgan fingerprint density at radius 1 is 1.06 bits per heavy atom. The van der Waals surface area contributed by atoms with Gasteiger partial charge in [0, 0.05) is 31.7 Å². The second kappa shape index (κ2) is 8.90. The molecule has 0 bridgehead atoms. The Labute approximate surface area is 210 Å². The highest BCUT2D eigenvalue weighted by molar-refractivity contribution is 7.82. The van der Waals surface area contributed by atoms with E-state index in [-0.39, 0.29) is 17.0 Å². The molecule has 1 aliphatic carbocycles. The topological polar surface area (TPSA) is 56.0 Å². The number of benzene rings is 2. The molecule has 1 fully saturated rings. The van der Waals surface area contributed by atoms with Gasteiger partial charge in [-0.05, 0) is 72.9 Å². The van der Waals surface area contributed by atoms with Crippen molar-refractivity contribution in [1.82, 2.24) is 23.6 Å². The average molecular weight is 506 g/mol. The number of fused-ring (bicyclic) bond motifs is 2. The van der Waals surface area contributed by atoms with Gasteiger partial charge >= 0.3 is 0 Å². The van der Waals surface area contributed by atoms with Gasteiger partial charge in [-0.1, -0.05) is 17.7 Å². The van der Waals surface area contributed by atoms with Gasteiger partial charge in [0.1, 0.15) is 22.6 Å². The second-order valence-electron chi connectivity index (χ2n) is 9.61. The Hall–Kier alpha value is -3.43. The molecule has 2 aromatic carbocycles. The van der Waals surface area contributed by atoms with E-state index in [1.807, 2.05) is 34.4 Å². The fraction of sp³-hybridized carbons (Fsp3) is 0.259. The summed E-state index contributed by atoms with van der Waals surface area (Å²) in [5.74, 6) is -0.551. The van der Waals surface area contributed by atoms with Gasteiger partial charge in [-0.2, -0.15) is 5.10 Å². The van der Waals surface area contributed by atoms with Gasteiger partial charge in [0.25, 0.3) is 0 Å². The molecule has 0 radical (unpaired) electrons. The van der Waals surface area contributed by atoms with Crippen LogP contribution in [0.5, 0.6) is 0 Å². The molecule has 2 aromatic heterocycles. The molecular weight excluding hydrogens is 480 g/mol. The highest BCUT2D eigenvalue weighted by Crippen LogP contribution is 2.47. The van der Waals surface area contributed by atoms with Gasteiger partial charge in [0.15, 0.2) is 5.03 Å². The number of aryl methyl sites for hydroxylation is 1. The zero-order chi connectivity index (χ0) is 24.9. The van der Waals surface area contributed by atoms with Gasteiger partial charge in [0.2, 0.25) is 0 Å². The van der Waals surface area contributed by atoms with Crippen molar-refractivity contribution in [3.63, 3.8) is 0 Å². The van der Waals surface area contributed by atoms with Gasteiger partial charge in [-0.15, -0.1) is 0 Å². The van der Waals surface area contributed by atoms with E-state index in [4.69, 9.17) is 0 Å². The SMILES string of the molecule is Cn1cnc(S(=O)N2CCC3=Cc4c(cnn4-c4ccc(F)cc4)CC3(Cc3ccc(F)cc3)C2)c1. The summed E-state index contributed by atoms with van der Waals surface area (Å²) in [7, 11) is 0.485. The molecule has 0 spiro atoms. The van der Waals surface area contributed by atoms with Crippen LogP contribution in [0.3, 0.4) is 0 Å². The summed E-state index contributed by atoms with van der Waals surface area (Å²) in [4.78, 5) is 4.32. The highest BCUT2D eigenvalue weighted by Gasteiger charge is 2.44. The largest absolute Gasteiger partial charge is 0.339 e. The first-order chi connectivity index (χ1) is 17.4. The lowest BCUT2D eigenvalue weighted by molar-refractivity contribution is 0.215. The quantitative estimate of drug-likeness (QED) is 0.402. The third-order valence-electron chi connectivity index (χ3n) is 7.14. The number of piperidine rings is 1. The summed E-state index contributed by atoms with van der Waals surface area (Å²) >= 11 is 0. The van der Waals surface area contributed by atoms with Crippen molar-refractivity contribution >= 4 is 17.1 Å². The number of nitrogens with zero attached hydrogens (tertiary/aromatic N) is 5. The molecule has 4 aromatic rings. The standard InChI is InChI=1S/C27H25F2N5OS/c1-32-16-26(30-18-32)36(35)33-11-10-21-12-25-20(15-31-34(25)24-8-6-23(29)7-9-24)14-27(21,17-33)13-19-2-4-22(28)5-3-19/h2-9,12,15-16,18H,10-11,13-14,17H2,1H3. The summed E-state index contributed by atoms with van der Waals surface area (Å²) < 4.78 is 46.2. The number of aromatic nitrogens is 4. The minimum atomic E-state index is -1.38. The van der Waals surface area contributed by atoms with E-state index >= 15 is 0 Å². The highest BCUT2D eigenvalue weighted by atomic mass is 32.2. The molecule has 36 heavy (non-hydrogen) atoms. The molecule has 3 heterocycles. The van der Waals surface area contributed by atoms with E-state index in [1.54, 1.807) is 29.2 Å². The Kier molecular flexibility index (Phi) is 5.69. The molecule has 6 rings (SSSR count). The molecule has 1 aliphatic heterocycles. The molecule has 2 atom stereocenters. The van der Waals surface area contributed by atoms with Gasteiger partial charge in [-0.3, -0.25) is 0 Å². The van der Waals surface area contributed by atoms with Crippen LogP contribution in [0, 0.1) is 17.0 Å². The first kappa shape index (κ1) is 23.0. The summed E-state index contributed by atoms with van der Waals surface area (Å²) in [6.45, 7) is 1.22. The maximum absolute atomic E-state index is 13.6. The van der Waals surface area contributed by atoms with Crippen LogP contribution in [-0.2, 0) is 30.9 Å². The Balaban J connectivity index is 1.39. The average Bonchev–Trinajstić information content (AvgIpc) is 3.49. The monoisotopic (exact) mass is 505 g/mol. The lowest BCUT2D eigenvalue weighted by Crippen LogP contribution is -2.48. The molecule has 2 unspecified atom stereocenters. The molecule has 0 amide bonds. The van der Waals surface area contributed by atoms with Crippen molar-refractivity contribution in [2.75, 3.05) is 13.1 Å². The first-order valence-electron chi connectivity index (χ1n) is 11.8. The van der Waals surface area contributed by atoms with E-state index in [0.717, 1.165) is 28.9 Å². The summed E-state index contributed by atoms with van der Waals surface area (Å²) in [6.07, 6.45) is 9.66. The molecule has 0 saturated carbocycles. The van der Waals surface area contributed by atoms with Crippen LogP contribution in [0.4, 0.5) is 8.78 Å². The zero-order valence-corrected chi connectivity index (χ0v) is 20.6. The van der Waals surface area contributed by atoms with Gasteiger partial charge < -0.3 is 4.57 Å². The number of hydrogen-bond acceptors (Lipinski definition) is 3. The Morgan fingerprint density at radius 2 is 1.78 bits per heavy atom. The molecule has 1 saturated heterocycles. The Morgan fingerprint density at radius 3 is 2.47 bits per heavy atom. The van der Waals surface area contributed by atoms with Gasteiger partial charge in [-0.25, -0.2) is 27.0 Å². The van der Waals surface area contributed by atoms with Crippen molar-refractivity contribution in [3.05, 3.63) is 101 Å². The first-order valence-corrected chi connectivity index (χ1v) is 12.9. The van der Waals surface area contributed by atoms with Crippen molar-refractivity contribution < 1.29 is 13.0 Å². The van der Waals surface area contributed by atoms with Crippen LogP contribution in [0.1, 0.15) is 23.2 Å². The fourth-order valence-electron chi connectivity index (χ4n) is 5.40. The van der Waals surface area contributed by atoms with E-state index in [1.165, 1.54) is 29.8 Å². The van der Waals surface area contributed by atoms with Crippen LogP contribution in [0.2, 0.25) is 0 Å². The fourth-order valence-corrected chi connectivity index (χ4v) is 6.68. The number of halogens is 2. The predicted octanol–water partition coefficient (Wildman–Crippen LogP) is 4.48. The Bertz CT molecular complexity index is 1470. The second-order valence-corrected chi connectivity index (χ2v) is 11.0. The lowest BCUT2D eigenvalue weighted by Gasteiger charge is -2.46. The molecule has 2 aliphatic rings. The van der Waals surface area contributed by atoms with E-state index < -0.39 is 11.0 Å². The smallest absolute Gasteiger partial charge is 0.160 e. The van der Waals surface area contributed by atoms with Crippen LogP contribution in [0.15, 0.2) is 77.9 Å². The minimum Gasteiger partial charge on any atom is -0.339 e. The van der Waals surface area contributed by atoms with Crippen molar-refractivity contribution in [3.8, 4) is 5.69 Å². The molecule has 9 heteroatoms. The van der Waals surface area contributed by atoms with Gasteiger partial charge in [0.05, 0.1) is 23.9 Å². The van der Waals surface area contributed by atoms with E-state index in [9.17, 15) is 13.0 Å². The zero-order valence-electron chi connectivity index (χ0n) is 19.8. The van der Waals surface area contributed by atoms with Crippen LogP contribution in [0.25, 0.3) is 11.8 Å². The van der Waals surface area contributed by atoms with Crippen molar-refractivity contribution in [2.24, 2.45) is 12.5 Å². The third kappa shape index (κ3) is 4.12. The number of rotatable bonds is 5. The minimum absolute atomic E-state index is 0.264. The predicted molar refractivity (Wildman–Crippen MR) is 134 cm³/mol. The molecule has 6 nitrogen and oxygen atoms in total. The van der Waals surface area contributed by atoms with Crippen LogP contribution in [-0.4, -0.2) is 40.9 Å². The number of imidazole rings is 1. The van der Waals surface area contributed by atoms with E-state index in [2.05, 4.69) is 16.2 Å². The summed E-state index contributed by atoms with van der Waals surface area (Å²) in [5.41, 5.74) is 4.85. The van der Waals surface area contributed by atoms with Crippen LogP contribution < -0.4 is 0 Å². The maximum Gasteiger partial charge on any atom is 0.160 e. The van der Waals surface area contributed by atoms with Crippen LogP contribution >= 0.6 is 0 Å². The van der Waals surface area contributed by atoms with Crippen molar-refractivity contribution in [2.45, 2.75) is 24.3 Å². The molecule has 0 N–H and O–H groups in total. The molecular formula is C27H25F2N5OS. The van der Waals surface area contributed by atoms with Crippen molar-refractivity contribution in [1.29, 1.82) is 0 Å².